The van der Waals surface area contributed by atoms with Gasteiger partial charge in [0, 0.05) is 52.6 Å². The molecule has 14 nitrogen and oxygen atoms in total. The Morgan fingerprint density at radius 2 is 1.33 bits per heavy atom. The number of nitrogens with zero attached hydrogens (tertiary/aromatic N) is 8. The number of halogens is 4. The Kier molecular flexibility index (Phi) is 9.24. The summed E-state index contributed by atoms with van der Waals surface area (Å²) < 4.78 is 12.8. The van der Waals surface area contributed by atoms with Crippen LogP contribution in [-0.2, 0) is 9.47 Å². The molecule has 0 aliphatic heterocycles. The van der Waals surface area contributed by atoms with Crippen LogP contribution >= 0.6 is 50.7 Å². The van der Waals surface area contributed by atoms with E-state index >= 15 is 0 Å². The lowest BCUT2D eigenvalue weighted by atomic mass is 10.1. The summed E-state index contributed by atoms with van der Waals surface area (Å²) >= 11 is 21.7. The van der Waals surface area contributed by atoms with Gasteiger partial charge in [-0.3, -0.25) is 15.1 Å². The lowest BCUT2D eigenvalue weighted by Gasteiger charge is -2.01. The molecule has 228 valence electrons. The number of carbonyl (C=O) groups excluding carboxylic acids is 2. The molecule has 1 aromatic carbocycles. The molecule has 0 spiro atoms. The SMILES string of the molecule is COC(=O)c1cc(Cl)n2nc(-c3ccc([N+](=O)[O-])cc3)cc2n1.COC(=O)c1cc(Cl)n2nc(-c3ncc(Br)cc3Cl)cc2n1. The molecule has 18 heteroatoms. The van der Waals surface area contributed by atoms with Crippen LogP contribution in [0.4, 0.5) is 5.69 Å². The molecule has 0 amide bonds. The summed E-state index contributed by atoms with van der Waals surface area (Å²) in [6.45, 7) is 0. The number of aromatic nitrogens is 7. The van der Waals surface area contributed by atoms with Gasteiger partial charge in [-0.2, -0.15) is 10.2 Å². The average Bonchev–Trinajstić information content (AvgIpc) is 3.66. The van der Waals surface area contributed by atoms with E-state index in [4.69, 9.17) is 34.8 Å². The van der Waals surface area contributed by atoms with Gasteiger partial charge in [0.25, 0.3) is 5.69 Å². The highest BCUT2D eigenvalue weighted by atomic mass is 79.9. The lowest BCUT2D eigenvalue weighted by molar-refractivity contribution is -0.384. The lowest BCUT2D eigenvalue weighted by Crippen LogP contribution is -2.06. The molecule has 0 radical (unpaired) electrons. The van der Waals surface area contributed by atoms with E-state index in [1.54, 1.807) is 36.5 Å². The van der Waals surface area contributed by atoms with Gasteiger partial charge in [0.05, 0.1) is 29.9 Å². The Morgan fingerprint density at radius 1 is 0.822 bits per heavy atom. The Bertz CT molecular complexity index is 2120. The normalized spacial score (nSPS) is 10.8. The number of carbonyl (C=O) groups is 2. The number of hydrogen-bond donors (Lipinski definition) is 0. The van der Waals surface area contributed by atoms with Crippen molar-refractivity contribution in [2.45, 2.75) is 0 Å². The second kappa shape index (κ2) is 13.1. The van der Waals surface area contributed by atoms with Crippen LogP contribution in [0.5, 0.6) is 0 Å². The summed E-state index contributed by atoms with van der Waals surface area (Å²) in [5.41, 5.74) is 3.09. The third kappa shape index (κ3) is 6.71. The minimum absolute atomic E-state index is 0.0124. The number of ether oxygens (including phenoxy) is 2. The molecular formula is C27H16BrCl3N8O6. The van der Waals surface area contributed by atoms with Crippen LogP contribution in [0, 0.1) is 10.1 Å². The van der Waals surface area contributed by atoms with Crippen molar-refractivity contribution in [1.82, 2.24) is 34.2 Å². The van der Waals surface area contributed by atoms with Crippen molar-refractivity contribution < 1.29 is 24.0 Å². The zero-order valence-electron chi connectivity index (χ0n) is 22.8. The first-order chi connectivity index (χ1) is 21.5. The number of nitro benzene ring substituents is 1. The molecule has 0 saturated heterocycles. The van der Waals surface area contributed by atoms with Crippen LogP contribution in [0.3, 0.4) is 0 Å². The predicted molar refractivity (Wildman–Crippen MR) is 167 cm³/mol. The van der Waals surface area contributed by atoms with Crippen molar-refractivity contribution in [1.29, 1.82) is 0 Å². The van der Waals surface area contributed by atoms with E-state index in [2.05, 4.69) is 50.6 Å². The highest BCUT2D eigenvalue weighted by Crippen LogP contribution is 2.29. The molecule has 0 fully saturated rings. The monoisotopic (exact) mass is 732 g/mol. The van der Waals surface area contributed by atoms with Crippen molar-refractivity contribution in [2.75, 3.05) is 14.2 Å². The smallest absolute Gasteiger partial charge is 0.356 e. The molecule has 0 aliphatic rings. The number of non-ortho nitro benzene ring substituents is 1. The summed E-state index contributed by atoms with van der Waals surface area (Å²) in [4.78, 5) is 45.8. The fourth-order valence-corrected chi connectivity index (χ4v) is 5.09. The number of nitro groups is 1. The third-order valence-electron chi connectivity index (χ3n) is 5.98. The molecule has 45 heavy (non-hydrogen) atoms. The van der Waals surface area contributed by atoms with Gasteiger partial charge in [0.1, 0.15) is 21.7 Å². The van der Waals surface area contributed by atoms with Crippen molar-refractivity contribution >= 4 is 79.7 Å². The fraction of sp³-hybridized carbons (Fsp3) is 0.0741. The number of rotatable bonds is 5. The number of pyridine rings is 1. The first-order valence-electron chi connectivity index (χ1n) is 12.3. The van der Waals surface area contributed by atoms with Crippen LogP contribution in [-0.4, -0.2) is 65.3 Å². The van der Waals surface area contributed by atoms with Crippen molar-refractivity contribution in [3.8, 4) is 22.6 Å². The number of methoxy groups -OCH3 is 2. The molecule has 0 atom stereocenters. The summed E-state index contributed by atoms with van der Waals surface area (Å²) in [5, 5.41) is 20.1. The molecule has 6 rings (SSSR count). The number of hydrogen-bond acceptors (Lipinski definition) is 11. The standard InChI is InChI=1S/C14H9ClN4O4.C13H7BrCl2N4O2/c1-23-14(20)11-6-12(15)18-13(16-11)7-10(17-18)8-2-4-9(5-3-8)19(21)22;1-22-13(21)9-3-10(16)20-11(18-9)4-8(19-20)12-7(15)2-6(14)5-17-12/h2-7H,1H3;2-5H,1H3. The molecule has 0 unspecified atom stereocenters. The topological polar surface area (TPSA) is 169 Å². The zero-order chi connectivity index (χ0) is 32.4. The maximum Gasteiger partial charge on any atom is 0.356 e. The highest BCUT2D eigenvalue weighted by Gasteiger charge is 2.17. The van der Waals surface area contributed by atoms with Crippen molar-refractivity contribution in [2.24, 2.45) is 0 Å². The second-order valence-corrected chi connectivity index (χ2v) is 10.9. The Morgan fingerprint density at radius 3 is 1.82 bits per heavy atom. The van der Waals surface area contributed by atoms with Gasteiger partial charge in [-0.25, -0.2) is 28.6 Å². The summed E-state index contributed by atoms with van der Waals surface area (Å²) in [6, 6.07) is 13.6. The highest BCUT2D eigenvalue weighted by molar-refractivity contribution is 9.10. The number of benzene rings is 1. The van der Waals surface area contributed by atoms with Gasteiger partial charge in [0.15, 0.2) is 22.7 Å². The van der Waals surface area contributed by atoms with Crippen LogP contribution in [0.2, 0.25) is 15.3 Å². The van der Waals surface area contributed by atoms with Gasteiger partial charge >= 0.3 is 11.9 Å². The number of esters is 2. The van der Waals surface area contributed by atoms with Crippen LogP contribution in [0.1, 0.15) is 21.0 Å². The van der Waals surface area contributed by atoms with Gasteiger partial charge < -0.3 is 9.47 Å². The maximum absolute atomic E-state index is 11.6. The van der Waals surface area contributed by atoms with Gasteiger partial charge in [0.2, 0.25) is 0 Å². The molecule has 0 N–H and O–H groups in total. The van der Waals surface area contributed by atoms with E-state index in [-0.39, 0.29) is 27.4 Å². The van der Waals surface area contributed by atoms with Gasteiger partial charge in [-0.1, -0.05) is 34.8 Å². The summed E-state index contributed by atoms with van der Waals surface area (Å²) in [6.07, 6.45) is 1.61. The molecule has 0 aliphatic carbocycles. The molecular weight excluding hydrogens is 719 g/mol. The largest absolute Gasteiger partial charge is 0.464 e. The van der Waals surface area contributed by atoms with E-state index in [1.165, 1.54) is 47.5 Å². The van der Waals surface area contributed by atoms with E-state index in [9.17, 15) is 19.7 Å². The molecule has 5 aromatic heterocycles. The predicted octanol–water partition coefficient (Wildman–Crippen LogP) is 6.39. The van der Waals surface area contributed by atoms with Gasteiger partial charge in [-0.15, -0.1) is 0 Å². The van der Waals surface area contributed by atoms with E-state index in [0.29, 0.717) is 39.0 Å². The minimum Gasteiger partial charge on any atom is -0.464 e. The first kappa shape index (κ1) is 31.7. The Balaban J connectivity index is 0.000000178. The van der Waals surface area contributed by atoms with Crippen molar-refractivity contribution in [3.63, 3.8) is 0 Å². The van der Waals surface area contributed by atoms with Crippen molar-refractivity contribution in [3.05, 3.63) is 102 Å². The van der Waals surface area contributed by atoms with Gasteiger partial charge in [-0.05, 0) is 34.1 Å². The second-order valence-electron chi connectivity index (χ2n) is 8.80. The Hall–Kier alpha value is -4.70. The van der Waals surface area contributed by atoms with E-state index in [0.717, 1.165) is 4.47 Å². The van der Waals surface area contributed by atoms with Crippen LogP contribution in [0.25, 0.3) is 33.9 Å². The molecule has 0 bridgehead atoms. The van der Waals surface area contributed by atoms with E-state index < -0.39 is 16.9 Å². The maximum atomic E-state index is 11.6. The molecule has 5 heterocycles. The fourth-order valence-electron chi connectivity index (χ4n) is 3.91. The Labute approximate surface area is 275 Å². The van der Waals surface area contributed by atoms with Crippen LogP contribution < -0.4 is 0 Å². The quantitative estimate of drug-likeness (QED) is 0.0833. The average molecular weight is 735 g/mol. The van der Waals surface area contributed by atoms with E-state index in [1.807, 2.05) is 0 Å². The molecule has 0 saturated carbocycles. The number of fused-ring (bicyclic) bond motifs is 2. The zero-order valence-corrected chi connectivity index (χ0v) is 26.7. The van der Waals surface area contributed by atoms with Crippen LogP contribution in [0.15, 0.2) is 65.3 Å². The third-order valence-corrected chi connectivity index (χ3v) is 7.24. The summed E-state index contributed by atoms with van der Waals surface area (Å²) in [5.74, 6) is -1.18. The minimum atomic E-state index is -0.604. The first-order valence-corrected chi connectivity index (χ1v) is 14.3. The summed E-state index contributed by atoms with van der Waals surface area (Å²) in [7, 11) is 2.52. The molecule has 6 aromatic rings.